The van der Waals surface area contributed by atoms with Crippen LogP contribution < -0.4 is 5.32 Å². The van der Waals surface area contributed by atoms with E-state index in [4.69, 9.17) is 4.74 Å². The van der Waals surface area contributed by atoms with Gasteiger partial charge in [-0.25, -0.2) is 0 Å². The lowest BCUT2D eigenvalue weighted by atomic mass is 9.82. The van der Waals surface area contributed by atoms with Gasteiger partial charge in [0.25, 0.3) is 0 Å². The predicted molar refractivity (Wildman–Crippen MR) is 69.1 cm³/mol. The molecular weight excluding hydrogens is 212 g/mol. The summed E-state index contributed by atoms with van der Waals surface area (Å²) in [6, 6.07) is 2.46. The zero-order valence-corrected chi connectivity index (χ0v) is 11.0. The van der Waals surface area contributed by atoms with Crippen molar-refractivity contribution in [1.82, 2.24) is 10.2 Å². The molecular formula is C14H26N2O. The van der Waals surface area contributed by atoms with E-state index in [1.807, 2.05) is 0 Å². The standard InChI is InChI=1S/C14H26N2O/c1-16-13-3-2-4-14(16)8-12(7-13)15-9-11-5-6-17-10-11/h11-15H,2-10H2,1H3. The molecule has 3 fully saturated rings. The Labute approximate surface area is 105 Å². The lowest BCUT2D eigenvalue weighted by Gasteiger charge is -2.47. The summed E-state index contributed by atoms with van der Waals surface area (Å²) in [5.41, 5.74) is 0. The predicted octanol–water partition coefficient (Wildman–Crippen LogP) is 1.63. The molecule has 3 aliphatic rings. The Morgan fingerprint density at radius 3 is 2.59 bits per heavy atom. The van der Waals surface area contributed by atoms with Crippen molar-refractivity contribution >= 4 is 0 Å². The van der Waals surface area contributed by atoms with E-state index >= 15 is 0 Å². The van der Waals surface area contributed by atoms with E-state index in [-0.39, 0.29) is 0 Å². The first-order valence-corrected chi connectivity index (χ1v) is 7.36. The lowest BCUT2D eigenvalue weighted by molar-refractivity contribution is 0.0475. The van der Waals surface area contributed by atoms with Crippen molar-refractivity contribution < 1.29 is 4.74 Å². The maximum Gasteiger partial charge on any atom is 0.0507 e. The van der Waals surface area contributed by atoms with Crippen LogP contribution in [0.5, 0.6) is 0 Å². The summed E-state index contributed by atoms with van der Waals surface area (Å²) >= 11 is 0. The maximum atomic E-state index is 5.44. The van der Waals surface area contributed by atoms with Crippen LogP contribution in [0.1, 0.15) is 38.5 Å². The molecule has 0 saturated carbocycles. The van der Waals surface area contributed by atoms with Crippen LogP contribution >= 0.6 is 0 Å². The van der Waals surface area contributed by atoms with Gasteiger partial charge in [0.15, 0.2) is 0 Å². The number of ether oxygens (including phenoxy) is 1. The molecule has 3 heterocycles. The third kappa shape index (κ3) is 2.67. The van der Waals surface area contributed by atoms with Crippen LogP contribution in [0.4, 0.5) is 0 Å². The van der Waals surface area contributed by atoms with Gasteiger partial charge in [0.1, 0.15) is 0 Å². The SMILES string of the molecule is CN1C2CCCC1CC(NCC1CCOC1)C2. The number of rotatable bonds is 3. The summed E-state index contributed by atoms with van der Waals surface area (Å²) in [6.45, 7) is 3.13. The Bertz CT molecular complexity index is 239. The largest absolute Gasteiger partial charge is 0.381 e. The second kappa shape index (κ2) is 5.25. The summed E-state index contributed by atoms with van der Waals surface area (Å²) in [5.74, 6) is 0.773. The monoisotopic (exact) mass is 238 g/mol. The first kappa shape index (κ1) is 11.9. The molecule has 0 aromatic heterocycles. The van der Waals surface area contributed by atoms with Crippen molar-refractivity contribution in [1.29, 1.82) is 0 Å². The topological polar surface area (TPSA) is 24.5 Å². The van der Waals surface area contributed by atoms with Crippen LogP contribution in [0, 0.1) is 5.92 Å². The van der Waals surface area contributed by atoms with E-state index in [1.54, 1.807) is 0 Å². The van der Waals surface area contributed by atoms with Gasteiger partial charge in [-0.2, -0.15) is 0 Å². The second-order valence-corrected chi connectivity index (χ2v) is 6.21. The molecule has 17 heavy (non-hydrogen) atoms. The molecule has 3 aliphatic heterocycles. The fourth-order valence-corrected chi connectivity index (χ4v) is 3.86. The van der Waals surface area contributed by atoms with Gasteiger partial charge in [0.05, 0.1) is 6.61 Å². The molecule has 0 spiro atoms. The van der Waals surface area contributed by atoms with E-state index < -0.39 is 0 Å². The van der Waals surface area contributed by atoms with Crippen LogP contribution in [0.15, 0.2) is 0 Å². The average Bonchev–Trinajstić information content (AvgIpc) is 2.79. The molecule has 3 heteroatoms. The third-order valence-electron chi connectivity index (χ3n) is 5.06. The van der Waals surface area contributed by atoms with Gasteiger partial charge in [-0.15, -0.1) is 0 Å². The van der Waals surface area contributed by atoms with E-state index in [1.165, 1.54) is 45.1 Å². The van der Waals surface area contributed by atoms with Crippen molar-refractivity contribution in [3.8, 4) is 0 Å². The minimum atomic E-state index is 0.766. The van der Waals surface area contributed by atoms with E-state index in [0.717, 1.165) is 37.3 Å². The number of nitrogens with one attached hydrogen (secondary N) is 1. The highest BCUT2D eigenvalue weighted by molar-refractivity contribution is 4.93. The molecule has 0 amide bonds. The number of hydrogen-bond acceptors (Lipinski definition) is 3. The molecule has 0 aromatic rings. The summed E-state index contributed by atoms with van der Waals surface area (Å²) in [7, 11) is 2.33. The van der Waals surface area contributed by atoms with Gasteiger partial charge in [-0.05, 0) is 45.1 Å². The summed E-state index contributed by atoms with van der Waals surface area (Å²) < 4.78 is 5.44. The smallest absolute Gasteiger partial charge is 0.0507 e. The van der Waals surface area contributed by atoms with E-state index in [9.17, 15) is 0 Å². The molecule has 3 atom stereocenters. The first-order valence-electron chi connectivity index (χ1n) is 7.36. The molecule has 3 nitrogen and oxygen atoms in total. The molecule has 0 aromatic carbocycles. The van der Waals surface area contributed by atoms with E-state index in [0.29, 0.717) is 0 Å². The Kier molecular flexibility index (Phi) is 3.69. The minimum Gasteiger partial charge on any atom is -0.381 e. The highest BCUT2D eigenvalue weighted by atomic mass is 16.5. The quantitative estimate of drug-likeness (QED) is 0.809. The molecule has 0 aliphatic carbocycles. The van der Waals surface area contributed by atoms with Crippen molar-refractivity contribution in [2.75, 3.05) is 26.8 Å². The molecule has 3 saturated heterocycles. The fraction of sp³-hybridized carbons (Fsp3) is 1.00. The Hall–Kier alpha value is -0.120. The maximum absolute atomic E-state index is 5.44. The van der Waals surface area contributed by atoms with E-state index in [2.05, 4.69) is 17.3 Å². The first-order chi connectivity index (χ1) is 8.33. The van der Waals surface area contributed by atoms with Gasteiger partial charge in [0.2, 0.25) is 0 Å². The Morgan fingerprint density at radius 1 is 1.18 bits per heavy atom. The number of piperidine rings is 2. The molecule has 2 bridgehead atoms. The second-order valence-electron chi connectivity index (χ2n) is 6.21. The molecule has 3 unspecified atom stereocenters. The van der Waals surface area contributed by atoms with Gasteiger partial charge >= 0.3 is 0 Å². The van der Waals surface area contributed by atoms with Gasteiger partial charge in [-0.1, -0.05) is 6.42 Å². The highest BCUT2D eigenvalue weighted by Gasteiger charge is 2.35. The van der Waals surface area contributed by atoms with Crippen LogP contribution in [0.25, 0.3) is 0 Å². The summed E-state index contributed by atoms with van der Waals surface area (Å²) in [6.07, 6.45) is 8.26. The Balaban J connectivity index is 1.48. The molecule has 98 valence electrons. The number of hydrogen-bond donors (Lipinski definition) is 1. The molecule has 3 rings (SSSR count). The molecule has 0 radical (unpaired) electrons. The zero-order chi connectivity index (χ0) is 11.7. The third-order valence-corrected chi connectivity index (χ3v) is 5.06. The number of nitrogens with zero attached hydrogens (tertiary/aromatic N) is 1. The van der Waals surface area contributed by atoms with Crippen molar-refractivity contribution in [2.24, 2.45) is 5.92 Å². The average molecular weight is 238 g/mol. The van der Waals surface area contributed by atoms with Crippen molar-refractivity contribution in [3.05, 3.63) is 0 Å². The molecule has 1 N–H and O–H groups in total. The van der Waals surface area contributed by atoms with Gasteiger partial charge in [-0.3, -0.25) is 0 Å². The minimum absolute atomic E-state index is 0.766. The zero-order valence-electron chi connectivity index (χ0n) is 11.0. The lowest BCUT2D eigenvalue weighted by Crippen LogP contribution is -2.54. The van der Waals surface area contributed by atoms with Crippen LogP contribution in [0.2, 0.25) is 0 Å². The van der Waals surface area contributed by atoms with Crippen LogP contribution in [-0.2, 0) is 4.74 Å². The normalized spacial score (nSPS) is 42.9. The highest BCUT2D eigenvalue weighted by Crippen LogP contribution is 2.32. The van der Waals surface area contributed by atoms with Gasteiger partial charge < -0.3 is 15.0 Å². The van der Waals surface area contributed by atoms with Gasteiger partial charge in [0, 0.05) is 31.3 Å². The number of fused-ring (bicyclic) bond motifs is 2. The van der Waals surface area contributed by atoms with Crippen LogP contribution in [0.3, 0.4) is 0 Å². The van der Waals surface area contributed by atoms with Crippen molar-refractivity contribution in [3.63, 3.8) is 0 Å². The Morgan fingerprint density at radius 2 is 1.94 bits per heavy atom. The summed E-state index contributed by atoms with van der Waals surface area (Å²) in [4.78, 5) is 2.64. The van der Waals surface area contributed by atoms with Crippen LogP contribution in [-0.4, -0.2) is 49.8 Å². The fourth-order valence-electron chi connectivity index (χ4n) is 3.86. The van der Waals surface area contributed by atoms with Crippen molar-refractivity contribution in [2.45, 2.75) is 56.7 Å². The summed E-state index contributed by atoms with van der Waals surface area (Å²) in [5, 5.41) is 3.81.